The van der Waals surface area contributed by atoms with Crippen LogP contribution in [0.15, 0.2) is 40.1 Å². The Balaban J connectivity index is 1.84. The van der Waals surface area contributed by atoms with E-state index >= 15 is 0 Å². The number of nitrogens with one attached hydrogen (secondary N) is 1. The molecule has 28 heavy (non-hydrogen) atoms. The van der Waals surface area contributed by atoms with E-state index in [-0.39, 0.29) is 29.5 Å². The number of ether oxygens (including phenoxy) is 1. The van der Waals surface area contributed by atoms with E-state index in [4.69, 9.17) is 9.15 Å². The van der Waals surface area contributed by atoms with Crippen LogP contribution in [0.1, 0.15) is 51.5 Å². The minimum atomic E-state index is -0.557. The summed E-state index contributed by atoms with van der Waals surface area (Å²) in [6, 6.07) is 8.79. The van der Waals surface area contributed by atoms with Gasteiger partial charge in [0.1, 0.15) is 16.5 Å². The third-order valence-electron chi connectivity index (χ3n) is 4.17. The summed E-state index contributed by atoms with van der Waals surface area (Å²) in [6.45, 7) is 5.68. The fourth-order valence-electron chi connectivity index (χ4n) is 2.65. The molecule has 0 spiro atoms. The number of nitrogens with zero attached hydrogens (tertiary/aromatic N) is 2. The van der Waals surface area contributed by atoms with E-state index < -0.39 is 5.97 Å². The third kappa shape index (κ3) is 4.12. The van der Waals surface area contributed by atoms with Crippen molar-refractivity contribution in [2.45, 2.75) is 26.8 Å². The van der Waals surface area contributed by atoms with Gasteiger partial charge in [-0.25, -0.2) is 14.8 Å². The molecule has 1 unspecified atom stereocenters. The number of oxazole rings is 1. The number of thiazole rings is 1. The maximum Gasteiger partial charge on any atom is 0.360 e. The molecule has 0 aliphatic carbocycles. The fourth-order valence-corrected chi connectivity index (χ4v) is 3.66. The smallest absolute Gasteiger partial charge is 0.360 e. The first-order valence-corrected chi connectivity index (χ1v) is 9.66. The van der Waals surface area contributed by atoms with Gasteiger partial charge in [-0.1, -0.05) is 32.0 Å². The quantitative estimate of drug-likeness (QED) is 0.629. The first kappa shape index (κ1) is 19.8. The van der Waals surface area contributed by atoms with E-state index in [9.17, 15) is 9.59 Å². The van der Waals surface area contributed by atoms with Crippen molar-refractivity contribution in [2.75, 3.05) is 7.11 Å². The van der Waals surface area contributed by atoms with E-state index in [1.165, 1.54) is 18.4 Å². The predicted molar refractivity (Wildman–Crippen MR) is 105 cm³/mol. The molecule has 1 N–H and O–H groups in total. The van der Waals surface area contributed by atoms with Gasteiger partial charge < -0.3 is 14.5 Å². The number of carbonyl (C=O) groups is 2. The second-order valence-corrected chi connectivity index (χ2v) is 7.44. The van der Waals surface area contributed by atoms with Gasteiger partial charge in [0.25, 0.3) is 5.91 Å². The van der Waals surface area contributed by atoms with Gasteiger partial charge in [-0.3, -0.25) is 4.79 Å². The Morgan fingerprint density at radius 2 is 1.89 bits per heavy atom. The van der Waals surface area contributed by atoms with Crippen LogP contribution < -0.4 is 5.32 Å². The van der Waals surface area contributed by atoms with Crippen LogP contribution in [-0.2, 0) is 4.74 Å². The Morgan fingerprint density at radius 3 is 2.54 bits per heavy atom. The van der Waals surface area contributed by atoms with Gasteiger partial charge >= 0.3 is 5.97 Å². The van der Waals surface area contributed by atoms with E-state index in [0.29, 0.717) is 17.0 Å². The van der Waals surface area contributed by atoms with Gasteiger partial charge in [0.05, 0.1) is 13.2 Å². The maximum absolute atomic E-state index is 12.5. The number of methoxy groups -OCH3 is 1. The molecule has 2 aromatic heterocycles. The number of aromatic nitrogens is 2. The molecule has 8 heteroatoms. The zero-order chi connectivity index (χ0) is 20.3. The summed E-state index contributed by atoms with van der Waals surface area (Å²) in [5.41, 5.74) is 1.23. The second-order valence-electron chi connectivity index (χ2n) is 6.55. The molecule has 1 aromatic carbocycles. The molecule has 2 heterocycles. The van der Waals surface area contributed by atoms with Crippen molar-refractivity contribution >= 4 is 23.2 Å². The molecule has 0 bridgehead atoms. The molecule has 0 radical (unpaired) electrons. The highest BCUT2D eigenvalue weighted by atomic mass is 32.1. The summed E-state index contributed by atoms with van der Waals surface area (Å²) >= 11 is 1.41. The highest BCUT2D eigenvalue weighted by Crippen LogP contribution is 2.30. The van der Waals surface area contributed by atoms with Gasteiger partial charge in [0.2, 0.25) is 5.89 Å². The highest BCUT2D eigenvalue weighted by molar-refractivity contribution is 7.10. The molecule has 146 valence electrons. The first-order chi connectivity index (χ1) is 13.4. The SMILES string of the molecule is COC(=O)c1nc(-c2csc(C(NC(=O)c3ccccc3)C(C)C)n2)oc1C. The van der Waals surface area contributed by atoms with Crippen molar-refractivity contribution in [3.63, 3.8) is 0 Å². The molecule has 0 saturated carbocycles. The zero-order valence-corrected chi connectivity index (χ0v) is 16.9. The Morgan fingerprint density at radius 1 is 1.18 bits per heavy atom. The van der Waals surface area contributed by atoms with Gasteiger partial charge in [0, 0.05) is 10.9 Å². The normalized spacial score (nSPS) is 12.0. The summed E-state index contributed by atoms with van der Waals surface area (Å²) in [6.07, 6.45) is 0. The lowest BCUT2D eigenvalue weighted by Gasteiger charge is -2.20. The van der Waals surface area contributed by atoms with E-state index in [1.807, 2.05) is 32.0 Å². The largest absolute Gasteiger partial charge is 0.464 e. The van der Waals surface area contributed by atoms with E-state index in [0.717, 1.165) is 5.01 Å². The number of hydrogen-bond acceptors (Lipinski definition) is 7. The molecule has 0 fully saturated rings. The Labute approximate surface area is 166 Å². The minimum Gasteiger partial charge on any atom is -0.464 e. The summed E-state index contributed by atoms with van der Waals surface area (Å²) in [4.78, 5) is 33.1. The first-order valence-electron chi connectivity index (χ1n) is 8.78. The Bertz CT molecular complexity index is 979. The maximum atomic E-state index is 12.5. The third-order valence-corrected chi connectivity index (χ3v) is 5.10. The molecule has 1 atom stereocenters. The molecule has 3 aromatic rings. The van der Waals surface area contributed by atoms with Crippen LogP contribution in [0, 0.1) is 12.8 Å². The molecule has 1 amide bonds. The van der Waals surface area contributed by atoms with Crippen LogP contribution in [0.25, 0.3) is 11.6 Å². The number of rotatable bonds is 6. The van der Waals surface area contributed by atoms with Crippen LogP contribution in [0.4, 0.5) is 0 Å². The number of carbonyl (C=O) groups excluding carboxylic acids is 2. The van der Waals surface area contributed by atoms with E-state index in [1.54, 1.807) is 24.4 Å². The molecule has 0 saturated heterocycles. The number of amides is 1. The van der Waals surface area contributed by atoms with Crippen molar-refractivity contribution in [3.05, 3.63) is 57.7 Å². The molecule has 7 nitrogen and oxygen atoms in total. The van der Waals surface area contributed by atoms with Crippen molar-refractivity contribution < 1.29 is 18.7 Å². The lowest BCUT2D eigenvalue weighted by molar-refractivity contribution is 0.0592. The van der Waals surface area contributed by atoms with Gasteiger partial charge in [-0.15, -0.1) is 11.3 Å². The van der Waals surface area contributed by atoms with Crippen LogP contribution in [0.5, 0.6) is 0 Å². The van der Waals surface area contributed by atoms with Crippen molar-refractivity contribution in [1.82, 2.24) is 15.3 Å². The number of aryl methyl sites for hydroxylation is 1. The number of hydrogen-bond donors (Lipinski definition) is 1. The van der Waals surface area contributed by atoms with Crippen LogP contribution in [0.3, 0.4) is 0 Å². The lowest BCUT2D eigenvalue weighted by atomic mass is 10.0. The van der Waals surface area contributed by atoms with Gasteiger partial charge in [-0.05, 0) is 25.0 Å². The summed E-state index contributed by atoms with van der Waals surface area (Å²) in [7, 11) is 1.29. The summed E-state index contributed by atoms with van der Waals surface area (Å²) < 4.78 is 10.3. The van der Waals surface area contributed by atoms with Crippen LogP contribution in [-0.4, -0.2) is 29.0 Å². The minimum absolute atomic E-state index is 0.128. The second kappa shape index (κ2) is 8.35. The number of benzene rings is 1. The number of esters is 1. The average Bonchev–Trinajstić information content (AvgIpc) is 3.32. The predicted octanol–water partition coefficient (Wildman–Crippen LogP) is 4.02. The summed E-state index contributed by atoms with van der Waals surface area (Å²) in [5, 5.41) is 5.58. The van der Waals surface area contributed by atoms with Crippen molar-refractivity contribution in [2.24, 2.45) is 5.92 Å². The molecule has 0 aliphatic heterocycles. The highest BCUT2D eigenvalue weighted by Gasteiger charge is 2.25. The standard InChI is InChI=1S/C20H21N3O4S/c1-11(2)15(22-17(24)13-8-6-5-7-9-13)19-21-14(10-28-19)18-23-16(12(3)27-18)20(25)26-4/h5-11,15H,1-4H3,(H,22,24). The molecular formula is C20H21N3O4S. The topological polar surface area (TPSA) is 94.3 Å². The van der Waals surface area contributed by atoms with Gasteiger partial charge in [-0.2, -0.15) is 0 Å². The fraction of sp³-hybridized carbons (Fsp3) is 0.300. The zero-order valence-electron chi connectivity index (χ0n) is 16.1. The van der Waals surface area contributed by atoms with Crippen molar-refractivity contribution in [1.29, 1.82) is 0 Å². The Kier molecular flexibility index (Phi) is 5.89. The Hall–Kier alpha value is -3.00. The van der Waals surface area contributed by atoms with Crippen LogP contribution >= 0.6 is 11.3 Å². The van der Waals surface area contributed by atoms with Crippen molar-refractivity contribution in [3.8, 4) is 11.6 Å². The molecule has 3 rings (SSSR count). The monoisotopic (exact) mass is 399 g/mol. The van der Waals surface area contributed by atoms with Gasteiger partial charge in [0.15, 0.2) is 5.69 Å². The molecular weight excluding hydrogens is 378 g/mol. The average molecular weight is 399 g/mol. The lowest BCUT2D eigenvalue weighted by Crippen LogP contribution is -2.31. The molecule has 0 aliphatic rings. The summed E-state index contributed by atoms with van der Waals surface area (Å²) in [5.74, 6) is 0.0317. The van der Waals surface area contributed by atoms with Crippen LogP contribution in [0.2, 0.25) is 0 Å². The van der Waals surface area contributed by atoms with E-state index in [2.05, 4.69) is 15.3 Å².